The van der Waals surface area contributed by atoms with Gasteiger partial charge in [0.2, 0.25) is 0 Å². The highest BCUT2D eigenvalue weighted by Crippen LogP contribution is 2.14. The zero-order valence-electron chi connectivity index (χ0n) is 13.5. The van der Waals surface area contributed by atoms with Crippen molar-refractivity contribution < 1.29 is 9.59 Å². The molecule has 0 bridgehead atoms. The molecule has 2 rings (SSSR count). The molecule has 2 aromatic rings. The Labute approximate surface area is 146 Å². The normalized spacial score (nSPS) is 10.2. The lowest BCUT2D eigenvalue weighted by molar-refractivity contribution is 0.0950. The quantitative estimate of drug-likeness (QED) is 0.757. The SMILES string of the molecule is CCCCNC(=O)c1cncc(C(=O)NCc2ccccc2Cl)c1. The van der Waals surface area contributed by atoms with Crippen molar-refractivity contribution in [2.75, 3.05) is 6.54 Å². The van der Waals surface area contributed by atoms with Gasteiger partial charge in [-0.1, -0.05) is 43.1 Å². The average molecular weight is 346 g/mol. The highest BCUT2D eigenvalue weighted by Gasteiger charge is 2.11. The second-order valence-corrected chi connectivity index (χ2v) is 5.75. The molecule has 1 heterocycles. The molecule has 5 nitrogen and oxygen atoms in total. The maximum atomic E-state index is 12.2. The highest BCUT2D eigenvalue weighted by atomic mass is 35.5. The molecular formula is C18H20ClN3O2. The van der Waals surface area contributed by atoms with Gasteiger partial charge in [-0.3, -0.25) is 14.6 Å². The van der Waals surface area contributed by atoms with Crippen LogP contribution in [0.3, 0.4) is 0 Å². The Morgan fingerprint density at radius 3 is 2.42 bits per heavy atom. The molecule has 0 radical (unpaired) electrons. The summed E-state index contributed by atoms with van der Waals surface area (Å²) in [6.45, 7) is 2.97. The molecule has 0 saturated heterocycles. The van der Waals surface area contributed by atoms with Crippen LogP contribution >= 0.6 is 11.6 Å². The number of carbonyl (C=O) groups excluding carboxylic acids is 2. The van der Waals surface area contributed by atoms with Gasteiger partial charge in [0.05, 0.1) is 11.1 Å². The molecule has 0 aliphatic rings. The molecule has 2 N–H and O–H groups in total. The van der Waals surface area contributed by atoms with Crippen LogP contribution in [0.5, 0.6) is 0 Å². The molecule has 0 saturated carbocycles. The smallest absolute Gasteiger partial charge is 0.253 e. The molecule has 0 spiro atoms. The average Bonchev–Trinajstić information content (AvgIpc) is 2.61. The molecule has 0 aliphatic carbocycles. The minimum atomic E-state index is -0.300. The summed E-state index contributed by atoms with van der Waals surface area (Å²) >= 11 is 6.06. The fraction of sp³-hybridized carbons (Fsp3) is 0.278. The lowest BCUT2D eigenvalue weighted by Gasteiger charge is -2.08. The second kappa shape index (κ2) is 9.03. The number of rotatable bonds is 7. The summed E-state index contributed by atoms with van der Waals surface area (Å²) in [6, 6.07) is 8.84. The zero-order valence-corrected chi connectivity index (χ0v) is 14.3. The summed E-state index contributed by atoms with van der Waals surface area (Å²) in [6.07, 6.45) is 4.80. The van der Waals surface area contributed by atoms with Crippen LogP contribution in [-0.4, -0.2) is 23.3 Å². The van der Waals surface area contributed by atoms with E-state index in [0.29, 0.717) is 29.2 Å². The van der Waals surface area contributed by atoms with E-state index < -0.39 is 0 Å². The van der Waals surface area contributed by atoms with E-state index in [4.69, 9.17) is 11.6 Å². The van der Waals surface area contributed by atoms with E-state index in [1.165, 1.54) is 18.5 Å². The number of nitrogens with one attached hydrogen (secondary N) is 2. The van der Waals surface area contributed by atoms with Crippen molar-refractivity contribution in [2.24, 2.45) is 0 Å². The molecular weight excluding hydrogens is 326 g/mol. The van der Waals surface area contributed by atoms with Crippen molar-refractivity contribution in [3.05, 3.63) is 64.4 Å². The van der Waals surface area contributed by atoms with Crippen LogP contribution in [-0.2, 0) is 6.54 Å². The number of halogens is 1. The van der Waals surface area contributed by atoms with Crippen LogP contribution in [0.15, 0.2) is 42.7 Å². The Kier molecular flexibility index (Phi) is 6.75. The van der Waals surface area contributed by atoms with Gasteiger partial charge in [-0.05, 0) is 24.1 Å². The number of aromatic nitrogens is 1. The van der Waals surface area contributed by atoms with Crippen molar-refractivity contribution in [2.45, 2.75) is 26.3 Å². The number of amides is 2. The van der Waals surface area contributed by atoms with Crippen molar-refractivity contribution in [3.8, 4) is 0 Å². The van der Waals surface area contributed by atoms with Gasteiger partial charge in [0, 0.05) is 30.5 Å². The third-order valence-electron chi connectivity index (χ3n) is 3.48. The van der Waals surface area contributed by atoms with E-state index in [2.05, 4.69) is 22.5 Å². The Morgan fingerprint density at radius 1 is 1.08 bits per heavy atom. The van der Waals surface area contributed by atoms with Gasteiger partial charge in [-0.2, -0.15) is 0 Å². The van der Waals surface area contributed by atoms with Crippen LogP contribution in [0, 0.1) is 0 Å². The Morgan fingerprint density at radius 2 is 1.75 bits per heavy atom. The number of carbonyl (C=O) groups is 2. The van der Waals surface area contributed by atoms with Gasteiger partial charge >= 0.3 is 0 Å². The van der Waals surface area contributed by atoms with E-state index >= 15 is 0 Å². The zero-order chi connectivity index (χ0) is 17.4. The lowest BCUT2D eigenvalue weighted by atomic mass is 10.1. The third kappa shape index (κ3) is 5.06. The molecule has 6 heteroatoms. The fourth-order valence-corrected chi connectivity index (χ4v) is 2.29. The third-order valence-corrected chi connectivity index (χ3v) is 3.84. The van der Waals surface area contributed by atoms with Gasteiger partial charge in [0.25, 0.3) is 11.8 Å². The molecule has 0 aliphatic heterocycles. The number of hydrogen-bond acceptors (Lipinski definition) is 3. The predicted octanol–water partition coefficient (Wildman–Crippen LogP) is 3.19. The summed E-state index contributed by atoms with van der Waals surface area (Å²) in [7, 11) is 0. The standard InChI is InChI=1S/C18H20ClN3O2/c1-2-3-8-21-17(23)14-9-15(11-20-10-14)18(24)22-12-13-6-4-5-7-16(13)19/h4-7,9-11H,2-3,8,12H2,1H3,(H,21,23)(H,22,24). The minimum Gasteiger partial charge on any atom is -0.352 e. The van der Waals surface area contributed by atoms with Crippen LogP contribution in [0.4, 0.5) is 0 Å². The van der Waals surface area contributed by atoms with Crippen molar-refractivity contribution in [1.82, 2.24) is 15.6 Å². The largest absolute Gasteiger partial charge is 0.352 e. The summed E-state index contributed by atoms with van der Waals surface area (Å²) in [5.74, 6) is -0.526. The molecule has 0 unspecified atom stereocenters. The summed E-state index contributed by atoms with van der Waals surface area (Å²) in [5, 5.41) is 6.18. The predicted molar refractivity (Wildman–Crippen MR) is 94.1 cm³/mol. The molecule has 1 aromatic heterocycles. The fourth-order valence-electron chi connectivity index (χ4n) is 2.09. The molecule has 2 amide bonds. The Hall–Kier alpha value is -2.40. The van der Waals surface area contributed by atoms with Gasteiger partial charge < -0.3 is 10.6 Å². The molecule has 0 fully saturated rings. The molecule has 24 heavy (non-hydrogen) atoms. The van der Waals surface area contributed by atoms with Crippen LogP contribution in [0.25, 0.3) is 0 Å². The monoisotopic (exact) mass is 345 g/mol. The second-order valence-electron chi connectivity index (χ2n) is 5.35. The first kappa shape index (κ1) is 17.9. The number of hydrogen-bond donors (Lipinski definition) is 2. The van der Waals surface area contributed by atoms with Crippen LogP contribution in [0.2, 0.25) is 5.02 Å². The molecule has 0 atom stereocenters. The number of benzene rings is 1. The van der Waals surface area contributed by atoms with Crippen molar-refractivity contribution >= 4 is 23.4 Å². The topological polar surface area (TPSA) is 71.1 Å². The van der Waals surface area contributed by atoms with Gasteiger partial charge in [0.1, 0.15) is 0 Å². The van der Waals surface area contributed by atoms with E-state index in [-0.39, 0.29) is 11.8 Å². The maximum Gasteiger partial charge on any atom is 0.253 e. The van der Waals surface area contributed by atoms with E-state index in [1.54, 1.807) is 6.07 Å². The van der Waals surface area contributed by atoms with E-state index in [0.717, 1.165) is 18.4 Å². The van der Waals surface area contributed by atoms with Gasteiger partial charge in [0.15, 0.2) is 0 Å². The van der Waals surface area contributed by atoms with Crippen LogP contribution < -0.4 is 10.6 Å². The highest BCUT2D eigenvalue weighted by molar-refractivity contribution is 6.31. The Balaban J connectivity index is 1.98. The first-order valence-corrected chi connectivity index (χ1v) is 8.24. The number of nitrogens with zero attached hydrogens (tertiary/aromatic N) is 1. The minimum absolute atomic E-state index is 0.225. The lowest BCUT2D eigenvalue weighted by Crippen LogP contribution is -2.26. The van der Waals surface area contributed by atoms with E-state index in [1.807, 2.05) is 18.2 Å². The number of unbranched alkanes of at least 4 members (excludes halogenated alkanes) is 1. The summed E-state index contributed by atoms with van der Waals surface area (Å²) in [5.41, 5.74) is 1.54. The first-order valence-electron chi connectivity index (χ1n) is 7.86. The van der Waals surface area contributed by atoms with E-state index in [9.17, 15) is 9.59 Å². The summed E-state index contributed by atoms with van der Waals surface area (Å²) < 4.78 is 0. The van der Waals surface area contributed by atoms with Crippen molar-refractivity contribution in [3.63, 3.8) is 0 Å². The number of pyridine rings is 1. The maximum absolute atomic E-state index is 12.2. The molecule has 126 valence electrons. The molecule has 1 aromatic carbocycles. The van der Waals surface area contributed by atoms with Crippen molar-refractivity contribution in [1.29, 1.82) is 0 Å². The Bertz CT molecular complexity index is 719. The first-order chi connectivity index (χ1) is 11.6. The van der Waals surface area contributed by atoms with Crippen LogP contribution in [0.1, 0.15) is 46.0 Å². The summed E-state index contributed by atoms with van der Waals surface area (Å²) in [4.78, 5) is 28.2. The van der Waals surface area contributed by atoms with Gasteiger partial charge in [-0.25, -0.2) is 0 Å². The van der Waals surface area contributed by atoms with Gasteiger partial charge in [-0.15, -0.1) is 0 Å².